The second kappa shape index (κ2) is 3.00. The van der Waals surface area contributed by atoms with Gasteiger partial charge in [0.15, 0.2) is 0 Å². The molecule has 1 aliphatic heterocycles. The van der Waals surface area contributed by atoms with Crippen LogP contribution in [-0.2, 0) is 11.2 Å². The highest BCUT2D eigenvalue weighted by atomic mass is 35.5. The minimum absolute atomic E-state index is 0.0425. The minimum Gasteiger partial charge on any atom is -0.326 e. The summed E-state index contributed by atoms with van der Waals surface area (Å²) in [5.74, 6) is -0.480. The molecule has 2 rings (SSSR count). The van der Waals surface area contributed by atoms with E-state index in [1.165, 1.54) is 12.1 Å². The molecule has 0 saturated carbocycles. The number of fused-ring (bicyclic) bond motifs is 1. The van der Waals surface area contributed by atoms with Gasteiger partial charge in [-0.25, -0.2) is 4.39 Å². The minimum atomic E-state index is -0.434. The molecule has 0 unspecified atom stereocenters. The Morgan fingerprint density at radius 1 is 1.38 bits per heavy atom. The fraction of sp³-hybridized carbons (Fsp3) is 0.222. The van der Waals surface area contributed by atoms with E-state index in [0.717, 1.165) is 5.56 Å². The zero-order chi connectivity index (χ0) is 9.42. The van der Waals surface area contributed by atoms with Crippen molar-refractivity contribution in [1.29, 1.82) is 0 Å². The molecule has 1 amide bonds. The summed E-state index contributed by atoms with van der Waals surface area (Å²) in [4.78, 5) is 11.0. The molecule has 0 radical (unpaired) electrons. The molecule has 0 atom stereocenters. The number of rotatable bonds is 0. The van der Waals surface area contributed by atoms with Gasteiger partial charge < -0.3 is 5.32 Å². The van der Waals surface area contributed by atoms with Gasteiger partial charge in [0, 0.05) is 12.1 Å². The first-order valence-electron chi connectivity index (χ1n) is 3.94. The van der Waals surface area contributed by atoms with Crippen LogP contribution < -0.4 is 5.32 Å². The lowest BCUT2D eigenvalue weighted by Crippen LogP contribution is -2.19. The molecule has 1 heterocycles. The van der Waals surface area contributed by atoms with Crippen LogP contribution in [0.4, 0.5) is 10.1 Å². The number of hydrogen-bond donors (Lipinski definition) is 1. The number of anilines is 1. The Bertz CT molecular complexity index is 378. The van der Waals surface area contributed by atoms with Gasteiger partial charge in [0.1, 0.15) is 5.82 Å². The molecule has 0 aliphatic carbocycles. The monoisotopic (exact) mass is 199 g/mol. The van der Waals surface area contributed by atoms with Crippen molar-refractivity contribution in [2.75, 3.05) is 5.32 Å². The second-order valence-electron chi connectivity index (χ2n) is 2.97. The quantitative estimate of drug-likeness (QED) is 0.683. The molecule has 0 aromatic heterocycles. The van der Waals surface area contributed by atoms with Crippen LogP contribution in [0.2, 0.25) is 5.02 Å². The topological polar surface area (TPSA) is 29.1 Å². The van der Waals surface area contributed by atoms with Crippen molar-refractivity contribution in [3.8, 4) is 0 Å². The lowest BCUT2D eigenvalue weighted by atomic mass is 10.0. The van der Waals surface area contributed by atoms with Gasteiger partial charge in [-0.1, -0.05) is 11.6 Å². The molecule has 0 saturated heterocycles. The molecule has 4 heteroatoms. The van der Waals surface area contributed by atoms with E-state index in [1.807, 2.05) is 0 Å². The van der Waals surface area contributed by atoms with Crippen LogP contribution in [0.25, 0.3) is 0 Å². The largest absolute Gasteiger partial charge is 0.326 e. The normalized spacial score (nSPS) is 15.1. The third-order valence-corrected chi connectivity index (χ3v) is 2.33. The summed E-state index contributed by atoms with van der Waals surface area (Å²) >= 11 is 5.57. The van der Waals surface area contributed by atoms with Gasteiger partial charge in [0.2, 0.25) is 5.91 Å². The highest BCUT2D eigenvalue weighted by Gasteiger charge is 2.16. The molecule has 1 aliphatic rings. The number of amides is 1. The third kappa shape index (κ3) is 1.52. The number of hydrogen-bond acceptors (Lipinski definition) is 1. The average molecular weight is 200 g/mol. The van der Waals surface area contributed by atoms with Gasteiger partial charge in [-0.05, 0) is 24.1 Å². The van der Waals surface area contributed by atoms with E-state index < -0.39 is 5.82 Å². The zero-order valence-electron chi connectivity index (χ0n) is 6.73. The number of halogens is 2. The fourth-order valence-electron chi connectivity index (χ4n) is 1.37. The highest BCUT2D eigenvalue weighted by Crippen LogP contribution is 2.28. The predicted octanol–water partition coefficient (Wildman–Crippen LogP) is 2.36. The Morgan fingerprint density at radius 2 is 2.15 bits per heavy atom. The van der Waals surface area contributed by atoms with Crippen LogP contribution in [0.5, 0.6) is 0 Å². The number of carbonyl (C=O) groups excluding carboxylic acids is 1. The molecule has 68 valence electrons. The van der Waals surface area contributed by atoms with E-state index in [-0.39, 0.29) is 10.9 Å². The highest BCUT2D eigenvalue weighted by molar-refractivity contribution is 6.31. The van der Waals surface area contributed by atoms with Crippen LogP contribution in [0.15, 0.2) is 12.1 Å². The molecular formula is C9H7ClFNO. The average Bonchev–Trinajstić information content (AvgIpc) is 2.08. The molecule has 1 N–H and O–H groups in total. The third-order valence-electron chi connectivity index (χ3n) is 2.04. The molecule has 1 aromatic carbocycles. The zero-order valence-corrected chi connectivity index (χ0v) is 7.49. The van der Waals surface area contributed by atoms with Crippen molar-refractivity contribution in [2.45, 2.75) is 12.8 Å². The summed E-state index contributed by atoms with van der Waals surface area (Å²) in [5.41, 5.74) is 1.43. The summed E-state index contributed by atoms with van der Waals surface area (Å²) in [5, 5.41) is 2.68. The summed E-state index contributed by atoms with van der Waals surface area (Å²) in [6.07, 6.45) is 0.989. The molecule has 13 heavy (non-hydrogen) atoms. The van der Waals surface area contributed by atoms with Crippen LogP contribution in [0, 0.1) is 5.82 Å². The Hall–Kier alpha value is -1.09. The summed E-state index contributed by atoms with van der Waals surface area (Å²) in [6, 6.07) is 2.82. The standard InChI is InChI=1S/C9H7ClFNO/c10-6-4-8-5(3-7(6)11)1-2-9(13)12-8/h3-4H,1-2H2,(H,12,13). The number of carbonyl (C=O) groups is 1. The van der Waals surface area contributed by atoms with Crippen LogP contribution in [0.1, 0.15) is 12.0 Å². The van der Waals surface area contributed by atoms with Gasteiger partial charge in [0.05, 0.1) is 5.02 Å². The van der Waals surface area contributed by atoms with Crippen molar-refractivity contribution in [1.82, 2.24) is 0 Å². The summed E-state index contributed by atoms with van der Waals surface area (Å²) in [6.45, 7) is 0. The van der Waals surface area contributed by atoms with E-state index in [1.54, 1.807) is 0 Å². The lowest BCUT2D eigenvalue weighted by molar-refractivity contribution is -0.116. The van der Waals surface area contributed by atoms with Crippen LogP contribution in [0.3, 0.4) is 0 Å². The first-order valence-corrected chi connectivity index (χ1v) is 4.32. The number of benzene rings is 1. The van der Waals surface area contributed by atoms with Gasteiger partial charge in [-0.15, -0.1) is 0 Å². The van der Waals surface area contributed by atoms with Crippen molar-refractivity contribution in [2.24, 2.45) is 0 Å². The molecule has 2 nitrogen and oxygen atoms in total. The van der Waals surface area contributed by atoms with Crippen molar-refractivity contribution < 1.29 is 9.18 Å². The number of aryl methyl sites for hydroxylation is 1. The Labute approximate surface area is 79.7 Å². The van der Waals surface area contributed by atoms with E-state index in [9.17, 15) is 9.18 Å². The maximum atomic E-state index is 13.0. The van der Waals surface area contributed by atoms with Crippen LogP contribution in [-0.4, -0.2) is 5.91 Å². The van der Waals surface area contributed by atoms with E-state index in [2.05, 4.69) is 5.32 Å². The molecule has 0 bridgehead atoms. The summed E-state index contributed by atoms with van der Waals surface area (Å²) < 4.78 is 13.0. The summed E-state index contributed by atoms with van der Waals surface area (Å²) in [7, 11) is 0. The maximum absolute atomic E-state index is 13.0. The molecular weight excluding hydrogens is 193 g/mol. The van der Waals surface area contributed by atoms with E-state index in [4.69, 9.17) is 11.6 Å². The molecule has 0 fully saturated rings. The first-order chi connectivity index (χ1) is 6.16. The van der Waals surface area contributed by atoms with Gasteiger partial charge in [-0.3, -0.25) is 4.79 Å². The maximum Gasteiger partial charge on any atom is 0.224 e. The van der Waals surface area contributed by atoms with Gasteiger partial charge in [-0.2, -0.15) is 0 Å². The molecule has 0 spiro atoms. The lowest BCUT2D eigenvalue weighted by Gasteiger charge is -2.16. The Balaban J connectivity index is 2.49. The van der Waals surface area contributed by atoms with Gasteiger partial charge in [0.25, 0.3) is 0 Å². The van der Waals surface area contributed by atoms with E-state index >= 15 is 0 Å². The fourth-order valence-corrected chi connectivity index (χ4v) is 1.54. The van der Waals surface area contributed by atoms with Crippen molar-refractivity contribution in [3.05, 3.63) is 28.5 Å². The smallest absolute Gasteiger partial charge is 0.224 e. The Morgan fingerprint density at radius 3 is 2.92 bits per heavy atom. The predicted molar refractivity (Wildman–Crippen MR) is 48.4 cm³/mol. The van der Waals surface area contributed by atoms with Crippen molar-refractivity contribution in [3.63, 3.8) is 0 Å². The van der Waals surface area contributed by atoms with Gasteiger partial charge >= 0.3 is 0 Å². The Kier molecular flexibility index (Phi) is 1.96. The van der Waals surface area contributed by atoms with Crippen molar-refractivity contribution >= 4 is 23.2 Å². The first kappa shape index (κ1) is 8.51. The molecule has 1 aromatic rings. The SMILES string of the molecule is O=C1CCc2cc(F)c(Cl)cc2N1. The van der Waals surface area contributed by atoms with E-state index in [0.29, 0.717) is 18.5 Å². The van der Waals surface area contributed by atoms with Crippen LogP contribution >= 0.6 is 11.6 Å². The second-order valence-corrected chi connectivity index (χ2v) is 3.38. The number of nitrogens with one attached hydrogen (secondary N) is 1.